The van der Waals surface area contributed by atoms with E-state index >= 15 is 0 Å². The predicted octanol–water partition coefficient (Wildman–Crippen LogP) is 2.33. The van der Waals surface area contributed by atoms with E-state index in [1.807, 2.05) is 6.92 Å². The predicted molar refractivity (Wildman–Crippen MR) is 82.2 cm³/mol. The van der Waals surface area contributed by atoms with Gasteiger partial charge in [0, 0.05) is 6.20 Å². The Morgan fingerprint density at radius 1 is 1.23 bits per heavy atom. The molecule has 1 aromatic heterocycles. The third-order valence-corrected chi connectivity index (χ3v) is 3.15. The average Bonchev–Trinajstić information content (AvgIpc) is 2.89. The molecule has 0 bridgehead atoms. The van der Waals surface area contributed by atoms with Crippen LogP contribution in [0.3, 0.4) is 0 Å². The van der Waals surface area contributed by atoms with Crippen molar-refractivity contribution in [2.24, 2.45) is 0 Å². The Labute approximate surface area is 128 Å². The van der Waals surface area contributed by atoms with Crippen LogP contribution in [0.25, 0.3) is 5.69 Å². The van der Waals surface area contributed by atoms with Gasteiger partial charge < -0.3 is 19.8 Å². The van der Waals surface area contributed by atoms with Crippen LogP contribution in [0.15, 0.2) is 30.5 Å². The van der Waals surface area contributed by atoms with Gasteiger partial charge in [0.25, 0.3) is 0 Å². The molecule has 0 saturated heterocycles. The number of carbonyl (C=O) groups excluding carboxylic acids is 2. The van der Waals surface area contributed by atoms with Crippen LogP contribution in [-0.2, 0) is 9.47 Å². The second-order valence-electron chi connectivity index (χ2n) is 4.76. The van der Waals surface area contributed by atoms with E-state index in [1.165, 1.54) is 7.11 Å². The fourth-order valence-electron chi connectivity index (χ4n) is 2.15. The molecule has 0 spiro atoms. The largest absolute Gasteiger partial charge is 0.465 e. The summed E-state index contributed by atoms with van der Waals surface area (Å²) in [6.07, 6.45) is 1.76. The Morgan fingerprint density at radius 2 is 1.95 bits per heavy atom. The van der Waals surface area contributed by atoms with Crippen molar-refractivity contribution in [3.63, 3.8) is 0 Å². The number of carbonyl (C=O) groups is 2. The van der Waals surface area contributed by atoms with Crippen LogP contribution in [0.2, 0.25) is 0 Å². The number of aryl methyl sites for hydroxylation is 1. The monoisotopic (exact) mass is 302 g/mol. The summed E-state index contributed by atoms with van der Waals surface area (Å²) in [5, 5.41) is 0. The van der Waals surface area contributed by atoms with Crippen LogP contribution < -0.4 is 5.73 Å². The maximum Gasteiger partial charge on any atom is 0.355 e. The van der Waals surface area contributed by atoms with Crippen molar-refractivity contribution in [3.05, 3.63) is 47.3 Å². The number of nitrogens with two attached hydrogens (primary N) is 1. The van der Waals surface area contributed by atoms with Gasteiger partial charge in [-0.25, -0.2) is 9.59 Å². The normalized spacial score (nSPS) is 10.3. The van der Waals surface area contributed by atoms with Gasteiger partial charge in [-0.2, -0.15) is 0 Å². The summed E-state index contributed by atoms with van der Waals surface area (Å²) in [6.45, 7) is 3.88. The highest BCUT2D eigenvalue weighted by molar-refractivity contribution is 5.92. The van der Waals surface area contributed by atoms with Gasteiger partial charge in [0.2, 0.25) is 0 Å². The molecule has 0 amide bonds. The fourth-order valence-corrected chi connectivity index (χ4v) is 2.15. The van der Waals surface area contributed by atoms with Crippen molar-refractivity contribution >= 4 is 17.6 Å². The molecule has 2 aromatic rings. The zero-order valence-electron chi connectivity index (χ0n) is 12.8. The molecule has 2 rings (SSSR count). The molecular formula is C16H18N2O4. The molecule has 1 aromatic carbocycles. The summed E-state index contributed by atoms with van der Waals surface area (Å²) >= 11 is 0. The number of hydrogen-bond acceptors (Lipinski definition) is 5. The minimum absolute atomic E-state index is 0.279. The van der Waals surface area contributed by atoms with E-state index in [4.69, 9.17) is 15.2 Å². The maximum absolute atomic E-state index is 12.1. The minimum atomic E-state index is -0.470. The van der Waals surface area contributed by atoms with E-state index in [2.05, 4.69) is 0 Å². The Balaban J connectivity index is 2.56. The fraction of sp³-hybridized carbons (Fsp3) is 0.250. The highest BCUT2D eigenvalue weighted by atomic mass is 16.5. The number of hydrogen-bond donors (Lipinski definition) is 1. The average molecular weight is 302 g/mol. The molecule has 6 heteroatoms. The number of methoxy groups -OCH3 is 1. The number of aromatic nitrogens is 1. The van der Waals surface area contributed by atoms with Gasteiger partial charge in [0.1, 0.15) is 5.69 Å². The molecule has 0 atom stereocenters. The first kappa shape index (κ1) is 15.6. The molecule has 1 heterocycles. The van der Waals surface area contributed by atoms with Gasteiger partial charge in [-0.05, 0) is 43.7 Å². The van der Waals surface area contributed by atoms with Crippen molar-refractivity contribution in [2.75, 3.05) is 19.5 Å². The zero-order chi connectivity index (χ0) is 16.3. The van der Waals surface area contributed by atoms with Gasteiger partial charge >= 0.3 is 11.9 Å². The van der Waals surface area contributed by atoms with Crippen LogP contribution in [0.4, 0.5) is 5.69 Å². The quantitative estimate of drug-likeness (QED) is 0.692. The summed E-state index contributed by atoms with van der Waals surface area (Å²) in [5.41, 5.74) is 8.55. The van der Waals surface area contributed by atoms with E-state index in [9.17, 15) is 9.59 Å². The van der Waals surface area contributed by atoms with Crippen LogP contribution in [0, 0.1) is 6.92 Å². The first-order valence-corrected chi connectivity index (χ1v) is 6.82. The van der Waals surface area contributed by atoms with E-state index in [1.54, 1.807) is 42.0 Å². The standard InChI is InChI=1S/C16H18N2O4/c1-4-22-16(20)14-7-10(2)9-18(14)13-8-11(15(19)21-3)5-6-12(13)17/h5-9H,4,17H2,1-3H3. The van der Waals surface area contributed by atoms with Crippen LogP contribution in [-0.4, -0.2) is 30.2 Å². The lowest BCUT2D eigenvalue weighted by molar-refractivity contribution is 0.0516. The Kier molecular flexibility index (Phi) is 4.50. The highest BCUT2D eigenvalue weighted by Gasteiger charge is 2.17. The maximum atomic E-state index is 12.1. The van der Waals surface area contributed by atoms with Gasteiger partial charge in [0.05, 0.1) is 30.7 Å². The molecule has 2 N–H and O–H groups in total. The van der Waals surface area contributed by atoms with Gasteiger partial charge in [0.15, 0.2) is 0 Å². The van der Waals surface area contributed by atoms with Crippen molar-refractivity contribution in [3.8, 4) is 5.69 Å². The van der Waals surface area contributed by atoms with Gasteiger partial charge in [-0.15, -0.1) is 0 Å². The lowest BCUT2D eigenvalue weighted by Gasteiger charge is -2.12. The Hall–Kier alpha value is -2.76. The molecule has 0 fully saturated rings. The first-order chi connectivity index (χ1) is 10.5. The molecule has 0 aliphatic heterocycles. The molecule has 0 saturated carbocycles. The molecular weight excluding hydrogens is 284 g/mol. The molecule has 0 aliphatic carbocycles. The number of rotatable bonds is 4. The molecule has 0 unspecified atom stereocenters. The SMILES string of the molecule is CCOC(=O)c1cc(C)cn1-c1cc(C(=O)OC)ccc1N. The summed E-state index contributed by atoms with van der Waals surface area (Å²) in [6, 6.07) is 6.47. The Bertz CT molecular complexity index is 719. The van der Waals surface area contributed by atoms with Crippen molar-refractivity contribution in [2.45, 2.75) is 13.8 Å². The summed E-state index contributed by atoms with van der Waals surface area (Å²) < 4.78 is 11.4. The second-order valence-corrected chi connectivity index (χ2v) is 4.76. The number of anilines is 1. The molecule has 0 radical (unpaired) electrons. The van der Waals surface area contributed by atoms with Gasteiger partial charge in [-0.1, -0.05) is 0 Å². The lowest BCUT2D eigenvalue weighted by Crippen LogP contribution is -2.12. The summed E-state index contributed by atoms with van der Waals surface area (Å²) in [5.74, 6) is -0.915. The van der Waals surface area contributed by atoms with E-state index in [-0.39, 0.29) is 6.61 Å². The zero-order valence-corrected chi connectivity index (χ0v) is 12.8. The Morgan fingerprint density at radius 3 is 2.59 bits per heavy atom. The summed E-state index contributed by atoms with van der Waals surface area (Å²) in [4.78, 5) is 23.7. The van der Waals surface area contributed by atoms with E-state index in [0.717, 1.165) is 5.56 Å². The lowest BCUT2D eigenvalue weighted by atomic mass is 10.1. The van der Waals surface area contributed by atoms with Crippen LogP contribution >= 0.6 is 0 Å². The molecule has 22 heavy (non-hydrogen) atoms. The van der Waals surface area contributed by atoms with Crippen molar-refractivity contribution < 1.29 is 19.1 Å². The third-order valence-electron chi connectivity index (χ3n) is 3.15. The number of nitrogens with zero attached hydrogens (tertiary/aromatic N) is 1. The molecule has 6 nitrogen and oxygen atoms in total. The van der Waals surface area contributed by atoms with Crippen molar-refractivity contribution in [1.29, 1.82) is 0 Å². The van der Waals surface area contributed by atoms with E-state index < -0.39 is 11.9 Å². The number of nitrogen functional groups attached to an aromatic ring is 1. The topological polar surface area (TPSA) is 83.5 Å². The smallest absolute Gasteiger partial charge is 0.355 e. The number of benzene rings is 1. The van der Waals surface area contributed by atoms with Gasteiger partial charge in [-0.3, -0.25) is 0 Å². The second kappa shape index (κ2) is 6.34. The number of esters is 2. The third kappa shape index (κ3) is 2.95. The summed E-state index contributed by atoms with van der Waals surface area (Å²) in [7, 11) is 1.31. The molecule has 116 valence electrons. The van der Waals surface area contributed by atoms with Crippen LogP contribution in [0.5, 0.6) is 0 Å². The molecule has 0 aliphatic rings. The minimum Gasteiger partial charge on any atom is -0.465 e. The van der Waals surface area contributed by atoms with Crippen LogP contribution in [0.1, 0.15) is 33.3 Å². The highest BCUT2D eigenvalue weighted by Crippen LogP contribution is 2.23. The van der Waals surface area contributed by atoms with Crippen molar-refractivity contribution in [1.82, 2.24) is 4.57 Å². The van der Waals surface area contributed by atoms with E-state index in [0.29, 0.717) is 22.6 Å². The number of ether oxygens (including phenoxy) is 2. The first-order valence-electron chi connectivity index (χ1n) is 6.82.